The maximum Gasteiger partial charge on any atom is 0.143 e. The van der Waals surface area contributed by atoms with E-state index in [1.165, 1.54) is 112 Å². The predicted octanol–water partition coefficient (Wildman–Crippen LogP) is 33.0. The minimum Gasteiger partial charge on any atom is -0.456 e. The Kier molecular flexibility index (Phi) is 16.0. The lowest BCUT2D eigenvalue weighted by molar-refractivity contribution is 0.668. The zero-order chi connectivity index (χ0) is 79.4. The summed E-state index contributed by atoms with van der Waals surface area (Å²) in [6.07, 6.45) is 0. The fourth-order valence-corrected chi connectivity index (χ4v) is 23.6. The highest BCUT2D eigenvalue weighted by Gasteiger charge is 2.52. The highest BCUT2D eigenvalue weighted by Crippen LogP contribution is 2.65. The molecule has 1 aliphatic carbocycles. The third-order valence-electron chi connectivity index (χ3n) is 25.4. The highest BCUT2D eigenvalue weighted by molar-refractivity contribution is 7.99. The van der Waals surface area contributed by atoms with Gasteiger partial charge in [-0.15, -0.1) is 22.7 Å². The average Bonchev–Trinajstić information content (AvgIpc) is 1.52. The second-order valence-electron chi connectivity index (χ2n) is 32.0. The molecule has 0 bridgehead atoms. The molecule has 121 heavy (non-hydrogen) atoms. The normalized spacial score (nSPS) is 13.8. The van der Waals surface area contributed by atoms with E-state index < -0.39 is 5.41 Å². The third kappa shape index (κ3) is 11.1. The van der Waals surface area contributed by atoms with E-state index in [4.69, 9.17) is 8.83 Å². The molecule has 1 spiro atoms. The molecule has 2 unspecified atom stereocenters. The first-order valence-corrected chi connectivity index (χ1v) is 43.8. The Morgan fingerprint density at radius 3 is 1.52 bits per heavy atom. The lowest BCUT2D eigenvalue weighted by Crippen LogP contribution is -2.32. The van der Waals surface area contributed by atoms with Crippen LogP contribution >= 0.6 is 34.4 Å². The number of fused-ring (bicyclic) bond motifs is 22. The molecular formula is C114H70N2O2S3. The average molecular weight is 1600 g/mol. The summed E-state index contributed by atoms with van der Waals surface area (Å²) in [6.45, 7) is 0. The Morgan fingerprint density at radius 2 is 0.785 bits per heavy atom. The summed E-state index contributed by atoms with van der Waals surface area (Å²) in [4.78, 5) is 7.31. The molecule has 5 heterocycles. The number of rotatable bonds is 13. The van der Waals surface area contributed by atoms with Crippen LogP contribution in [0.3, 0.4) is 0 Å². The van der Waals surface area contributed by atoms with Gasteiger partial charge >= 0.3 is 0 Å². The molecule has 566 valence electrons. The van der Waals surface area contributed by atoms with Crippen LogP contribution in [0.1, 0.15) is 44.9 Å². The molecule has 0 saturated carbocycles. The van der Waals surface area contributed by atoms with Crippen LogP contribution in [-0.2, 0) is 5.41 Å². The van der Waals surface area contributed by atoms with Crippen molar-refractivity contribution in [3.63, 3.8) is 0 Å². The van der Waals surface area contributed by atoms with Crippen LogP contribution in [0, 0.1) is 0 Å². The minimum absolute atomic E-state index is 0.285. The second kappa shape index (κ2) is 27.8. The maximum absolute atomic E-state index is 7.12. The molecule has 0 amide bonds. The molecule has 0 N–H and O–H groups in total. The van der Waals surface area contributed by atoms with E-state index in [1.54, 1.807) is 0 Å². The first-order valence-electron chi connectivity index (χ1n) is 41.3. The molecule has 25 rings (SSSR count). The summed E-state index contributed by atoms with van der Waals surface area (Å²) < 4.78 is 19.2. The molecule has 7 heteroatoms. The van der Waals surface area contributed by atoms with Crippen LogP contribution in [0.15, 0.2) is 437 Å². The molecule has 0 fully saturated rings. The largest absolute Gasteiger partial charge is 0.456 e. The van der Waals surface area contributed by atoms with Crippen LogP contribution in [-0.4, -0.2) is 0 Å². The van der Waals surface area contributed by atoms with Crippen molar-refractivity contribution in [1.82, 2.24) is 0 Å². The van der Waals surface area contributed by atoms with Gasteiger partial charge in [0.15, 0.2) is 0 Å². The smallest absolute Gasteiger partial charge is 0.143 e. The molecule has 19 aromatic carbocycles. The van der Waals surface area contributed by atoms with Crippen LogP contribution in [0.2, 0.25) is 0 Å². The van der Waals surface area contributed by atoms with Gasteiger partial charge in [-0.25, -0.2) is 0 Å². The number of para-hydroxylation sites is 3. The van der Waals surface area contributed by atoms with E-state index in [0.717, 1.165) is 122 Å². The summed E-state index contributed by atoms with van der Waals surface area (Å²) in [7, 11) is 0. The number of nitrogens with zero attached hydrogens (tertiary/aromatic N) is 2. The van der Waals surface area contributed by atoms with Gasteiger partial charge < -0.3 is 18.6 Å². The lowest BCUT2D eigenvalue weighted by atomic mass is 9.67. The Bertz CT molecular complexity index is 8150. The lowest BCUT2D eigenvalue weighted by Gasteiger charge is -2.41. The van der Waals surface area contributed by atoms with E-state index in [9.17, 15) is 0 Å². The number of furan rings is 2. The summed E-state index contributed by atoms with van der Waals surface area (Å²) >= 11 is 5.61. The van der Waals surface area contributed by atoms with Crippen molar-refractivity contribution >= 4 is 164 Å². The standard InChI is InChI=1S/C114H70N2O2S3/c1-5-26-70(27-6-1)72-50-53-80(54-51-72)116(83-65-93(76-49-48-71-28-13-14-33-75(71)60-76)113-95(66-83)85-36-16-21-44-100(85)118-113)82-56-58-98-107(68-82)121-106-67-81(115(79-34-11-4-12-35-79)84-64-92(74-31-9-3-10-32-74)112-89-40-19-24-47-104(89)120-108(112)69-84)55-57-97(106)114(98)96-42-20-15-38-87(96)110-90(41-25-43-99(110)114)109(77-52-59-105-94(61-77)86-37-18-23-46-103(86)119-105)78-62-91(73-29-7-2-8-30-73)111-88-39-17-22-45-101(88)117-102(111)63-78/h1-69,109H. The molecule has 2 aliphatic rings. The van der Waals surface area contributed by atoms with E-state index in [0.29, 0.717) is 0 Å². The molecule has 4 nitrogen and oxygen atoms in total. The molecule has 1 aliphatic heterocycles. The number of hydrogen-bond donors (Lipinski definition) is 0. The van der Waals surface area contributed by atoms with Crippen molar-refractivity contribution in [3.8, 4) is 55.6 Å². The van der Waals surface area contributed by atoms with Crippen LogP contribution in [0.25, 0.3) is 151 Å². The Morgan fingerprint density at radius 1 is 0.248 bits per heavy atom. The van der Waals surface area contributed by atoms with Gasteiger partial charge in [0.1, 0.15) is 22.3 Å². The van der Waals surface area contributed by atoms with E-state index in [-0.39, 0.29) is 5.92 Å². The topological polar surface area (TPSA) is 32.8 Å². The van der Waals surface area contributed by atoms with Gasteiger partial charge in [-0.1, -0.05) is 303 Å². The summed E-state index contributed by atoms with van der Waals surface area (Å²) in [5.74, 6) is -0.285. The summed E-state index contributed by atoms with van der Waals surface area (Å²) in [5, 5.41) is 11.7. The van der Waals surface area contributed by atoms with Crippen LogP contribution in [0.4, 0.5) is 34.1 Å². The van der Waals surface area contributed by atoms with Gasteiger partial charge in [0.05, 0.1) is 5.41 Å². The number of thiophene rings is 2. The first-order chi connectivity index (χ1) is 59.9. The van der Waals surface area contributed by atoms with E-state index in [1.807, 2.05) is 34.4 Å². The Balaban J connectivity index is 0.756. The van der Waals surface area contributed by atoms with Gasteiger partial charge in [-0.2, -0.15) is 0 Å². The predicted molar refractivity (Wildman–Crippen MR) is 511 cm³/mol. The van der Waals surface area contributed by atoms with Gasteiger partial charge in [-0.3, -0.25) is 0 Å². The van der Waals surface area contributed by atoms with E-state index in [2.05, 4.69) is 428 Å². The third-order valence-corrected chi connectivity index (χ3v) is 28.8. The van der Waals surface area contributed by atoms with Crippen molar-refractivity contribution in [1.29, 1.82) is 0 Å². The molecule has 4 aromatic heterocycles. The van der Waals surface area contributed by atoms with Crippen molar-refractivity contribution in [2.24, 2.45) is 0 Å². The van der Waals surface area contributed by atoms with Gasteiger partial charge in [-0.05, 0) is 227 Å². The van der Waals surface area contributed by atoms with E-state index >= 15 is 0 Å². The van der Waals surface area contributed by atoms with Crippen molar-refractivity contribution < 1.29 is 8.83 Å². The number of hydrogen-bond acceptors (Lipinski definition) is 7. The fraction of sp³-hybridized carbons (Fsp3) is 0.0175. The Labute approximate surface area is 711 Å². The Hall–Kier alpha value is -14.6. The molecule has 2 atom stereocenters. The monoisotopic (exact) mass is 1590 g/mol. The SMILES string of the molecule is c1ccc(-c2ccc(N(c3ccc4c(c3)Sc3cc(N(c5ccccc5)c5cc(-c6ccccc6)c6c(c5)sc5ccccc56)ccc3C43c4ccccc4-c4c(C(c5cc(-c6ccccc6)c6c(c5)oc5ccccc56)c5ccc6sc7ccccc7c6c5)cccc43)c3cc(-c4ccc5ccccc5c4)c4oc5ccccc5c4c3)cc2)cc1. The maximum atomic E-state index is 7.12. The fourth-order valence-electron chi connectivity index (χ4n) is 20.1. The summed E-state index contributed by atoms with van der Waals surface area (Å²) in [6, 6.07) is 156. The molecule has 23 aromatic rings. The quantitative estimate of drug-likeness (QED) is 0.107. The second-order valence-corrected chi connectivity index (χ2v) is 35.3. The first kappa shape index (κ1) is 69.5. The minimum atomic E-state index is -0.862. The van der Waals surface area contributed by atoms with Gasteiger partial charge in [0.2, 0.25) is 0 Å². The van der Waals surface area contributed by atoms with Crippen molar-refractivity contribution in [2.75, 3.05) is 9.80 Å². The zero-order valence-electron chi connectivity index (χ0n) is 65.4. The van der Waals surface area contributed by atoms with Gasteiger partial charge in [0.25, 0.3) is 0 Å². The van der Waals surface area contributed by atoms with Gasteiger partial charge in [0, 0.05) is 117 Å². The number of anilines is 6. The number of benzene rings is 19. The molecular weight excluding hydrogens is 1530 g/mol. The molecule has 0 saturated heterocycles. The van der Waals surface area contributed by atoms with Crippen molar-refractivity contribution in [3.05, 3.63) is 458 Å². The summed E-state index contributed by atoms with van der Waals surface area (Å²) in [5.41, 5.74) is 28.8. The molecule has 0 radical (unpaired) electrons. The highest BCUT2D eigenvalue weighted by atomic mass is 32.2. The van der Waals surface area contributed by atoms with Crippen LogP contribution < -0.4 is 9.80 Å². The zero-order valence-corrected chi connectivity index (χ0v) is 67.8. The van der Waals surface area contributed by atoms with Crippen LogP contribution in [0.5, 0.6) is 0 Å². The van der Waals surface area contributed by atoms with Crippen molar-refractivity contribution in [2.45, 2.75) is 21.1 Å².